The van der Waals surface area contributed by atoms with Crippen LogP contribution in [0.4, 0.5) is 10.1 Å². The maximum atomic E-state index is 14.8. The standard InChI is InChI=1S/C37H37ClFN5O6/c1-20(2)32(40)36(47)43-16-13-21(14-17-43)24-5-3-6-26-25(24)15-18-44(33(26)34(45)41-23-11-9-22(10-12-23)37(48)49)35(46)30-19-29(42-50-30)27-7-4-8-28(38)31(27)39/h3-13,20,30,32-33H,14-19,40H2,1-2H3,(H,41,45)(H,48,49)/t30-,32+,33+/m1/s1. The summed E-state index contributed by atoms with van der Waals surface area (Å²) in [5.74, 6) is -2.83. The molecule has 3 amide bonds. The van der Waals surface area contributed by atoms with Gasteiger partial charge in [-0.2, -0.15) is 0 Å². The fourth-order valence-electron chi connectivity index (χ4n) is 6.59. The monoisotopic (exact) mass is 701 g/mol. The van der Waals surface area contributed by atoms with Crippen LogP contribution in [-0.2, 0) is 25.6 Å². The van der Waals surface area contributed by atoms with Crippen LogP contribution in [-0.4, -0.2) is 76.1 Å². The Balaban J connectivity index is 1.29. The van der Waals surface area contributed by atoms with Crippen LogP contribution in [0.5, 0.6) is 0 Å². The number of halogens is 2. The summed E-state index contributed by atoms with van der Waals surface area (Å²) >= 11 is 5.97. The van der Waals surface area contributed by atoms with Crippen molar-refractivity contribution in [3.05, 3.63) is 105 Å². The lowest BCUT2D eigenvalue weighted by atomic mass is 9.84. The predicted octanol–water partition coefficient (Wildman–Crippen LogP) is 5.03. The largest absolute Gasteiger partial charge is 0.478 e. The van der Waals surface area contributed by atoms with Gasteiger partial charge in [-0.15, -0.1) is 0 Å². The van der Waals surface area contributed by atoms with Crippen molar-refractivity contribution in [3.8, 4) is 0 Å². The molecular formula is C37H37ClFN5O6. The van der Waals surface area contributed by atoms with Crippen LogP contribution >= 0.6 is 11.6 Å². The van der Waals surface area contributed by atoms with Gasteiger partial charge in [0.25, 0.3) is 11.8 Å². The van der Waals surface area contributed by atoms with Gasteiger partial charge in [0.1, 0.15) is 6.04 Å². The Morgan fingerprint density at radius 2 is 1.74 bits per heavy atom. The Kier molecular flexibility index (Phi) is 10.0. The number of hydrogen-bond acceptors (Lipinski definition) is 7. The van der Waals surface area contributed by atoms with E-state index in [1.165, 1.54) is 41.3 Å². The Morgan fingerprint density at radius 3 is 2.42 bits per heavy atom. The molecule has 3 aromatic rings. The van der Waals surface area contributed by atoms with Crippen molar-refractivity contribution in [2.45, 2.75) is 51.3 Å². The number of rotatable bonds is 8. The average Bonchev–Trinajstić information content (AvgIpc) is 3.61. The van der Waals surface area contributed by atoms with E-state index in [9.17, 15) is 28.7 Å². The molecule has 0 saturated heterocycles. The fourth-order valence-corrected chi connectivity index (χ4v) is 6.76. The third kappa shape index (κ3) is 6.86. The van der Waals surface area contributed by atoms with E-state index in [1.54, 1.807) is 11.0 Å². The summed E-state index contributed by atoms with van der Waals surface area (Å²) in [4.78, 5) is 61.3. The van der Waals surface area contributed by atoms with E-state index in [1.807, 2.05) is 38.1 Å². The number of carbonyl (C=O) groups is 4. The first-order chi connectivity index (χ1) is 23.9. The molecular weight excluding hydrogens is 665 g/mol. The minimum atomic E-state index is -1.10. The lowest BCUT2D eigenvalue weighted by Gasteiger charge is -2.38. The van der Waals surface area contributed by atoms with Crippen molar-refractivity contribution in [3.63, 3.8) is 0 Å². The second-order valence-electron chi connectivity index (χ2n) is 12.9. The molecule has 0 aromatic heterocycles. The third-order valence-electron chi connectivity index (χ3n) is 9.43. The van der Waals surface area contributed by atoms with Gasteiger partial charge < -0.3 is 30.8 Å². The van der Waals surface area contributed by atoms with Gasteiger partial charge >= 0.3 is 5.97 Å². The maximum Gasteiger partial charge on any atom is 0.335 e. The normalized spacial score (nSPS) is 19.2. The molecule has 4 N–H and O–H groups in total. The van der Waals surface area contributed by atoms with Gasteiger partial charge in [-0.1, -0.05) is 60.9 Å². The van der Waals surface area contributed by atoms with Gasteiger partial charge in [0.05, 0.1) is 22.3 Å². The first-order valence-corrected chi connectivity index (χ1v) is 16.8. The van der Waals surface area contributed by atoms with E-state index >= 15 is 0 Å². The zero-order valence-electron chi connectivity index (χ0n) is 27.6. The minimum absolute atomic E-state index is 0.0173. The molecule has 0 unspecified atom stereocenters. The SMILES string of the molecule is CC(C)[C@H](N)C(=O)N1CC=C(c2cccc3c2CCN(C(=O)[C@H]2CC(c4cccc(Cl)c4F)=NO2)[C@@H]3C(=O)Nc2ccc(C(=O)O)cc2)CC1. The molecule has 0 fully saturated rings. The molecule has 0 bridgehead atoms. The second kappa shape index (κ2) is 14.4. The lowest BCUT2D eigenvalue weighted by molar-refractivity contribution is -0.148. The highest BCUT2D eigenvalue weighted by Crippen LogP contribution is 2.38. The van der Waals surface area contributed by atoms with Crippen LogP contribution in [0.25, 0.3) is 5.57 Å². The molecule has 3 aliphatic rings. The number of carboxylic acid groups (broad SMARTS) is 1. The van der Waals surface area contributed by atoms with E-state index in [0.29, 0.717) is 37.2 Å². The van der Waals surface area contributed by atoms with E-state index < -0.39 is 41.8 Å². The van der Waals surface area contributed by atoms with Crippen molar-refractivity contribution < 1.29 is 33.5 Å². The van der Waals surface area contributed by atoms with Crippen molar-refractivity contribution in [2.24, 2.45) is 16.8 Å². The number of benzene rings is 3. The van der Waals surface area contributed by atoms with Gasteiger partial charge in [-0.25, -0.2) is 9.18 Å². The Hall–Kier alpha value is -5.07. The topological polar surface area (TPSA) is 155 Å². The van der Waals surface area contributed by atoms with Gasteiger partial charge in [-0.05, 0) is 77.4 Å². The van der Waals surface area contributed by atoms with Gasteiger partial charge in [0, 0.05) is 37.3 Å². The molecule has 3 atom stereocenters. The minimum Gasteiger partial charge on any atom is -0.478 e. The molecule has 3 aliphatic heterocycles. The molecule has 0 aliphatic carbocycles. The lowest BCUT2D eigenvalue weighted by Crippen LogP contribution is -2.49. The van der Waals surface area contributed by atoms with Gasteiger partial charge in [-0.3, -0.25) is 14.4 Å². The summed E-state index contributed by atoms with van der Waals surface area (Å²) in [6.07, 6.45) is 1.93. The number of amides is 3. The molecule has 260 valence electrons. The fraction of sp³-hybridized carbons (Fsp3) is 0.324. The summed E-state index contributed by atoms with van der Waals surface area (Å²) < 4.78 is 14.8. The summed E-state index contributed by atoms with van der Waals surface area (Å²) in [5.41, 5.74) is 10.4. The molecule has 6 rings (SSSR count). The average molecular weight is 702 g/mol. The van der Waals surface area contributed by atoms with E-state index in [0.717, 1.165) is 16.7 Å². The summed E-state index contributed by atoms with van der Waals surface area (Å²) in [6, 6.07) is 14.2. The Morgan fingerprint density at radius 1 is 1.02 bits per heavy atom. The first kappa shape index (κ1) is 34.8. The van der Waals surface area contributed by atoms with Crippen LogP contribution in [0, 0.1) is 11.7 Å². The van der Waals surface area contributed by atoms with Crippen LogP contribution in [0.1, 0.15) is 65.3 Å². The van der Waals surface area contributed by atoms with Gasteiger partial charge in [0.15, 0.2) is 5.82 Å². The molecule has 3 aromatic carbocycles. The highest BCUT2D eigenvalue weighted by molar-refractivity contribution is 6.31. The zero-order valence-corrected chi connectivity index (χ0v) is 28.3. The number of hydrogen-bond donors (Lipinski definition) is 3. The zero-order chi connectivity index (χ0) is 35.7. The Labute approximate surface area is 293 Å². The van der Waals surface area contributed by atoms with Crippen molar-refractivity contribution in [1.29, 1.82) is 0 Å². The molecule has 0 radical (unpaired) electrons. The van der Waals surface area contributed by atoms with Crippen LogP contribution in [0.3, 0.4) is 0 Å². The number of nitrogens with zero attached hydrogens (tertiary/aromatic N) is 3. The quantitative estimate of drug-likeness (QED) is 0.298. The number of nitrogens with two attached hydrogens (primary N) is 1. The highest BCUT2D eigenvalue weighted by Gasteiger charge is 2.42. The smallest absolute Gasteiger partial charge is 0.335 e. The summed E-state index contributed by atoms with van der Waals surface area (Å²) in [5, 5.41) is 16.1. The van der Waals surface area contributed by atoms with Crippen molar-refractivity contribution >= 4 is 52.3 Å². The molecule has 0 spiro atoms. The molecule has 11 nitrogen and oxygen atoms in total. The molecule has 13 heteroatoms. The number of carbonyl (C=O) groups excluding carboxylic acids is 3. The number of fused-ring (bicyclic) bond motifs is 1. The third-order valence-corrected chi connectivity index (χ3v) is 9.72. The van der Waals surface area contributed by atoms with Crippen LogP contribution < -0.4 is 11.1 Å². The number of carboxylic acids is 1. The summed E-state index contributed by atoms with van der Waals surface area (Å²) in [7, 11) is 0. The number of nitrogens with one attached hydrogen (secondary N) is 1. The van der Waals surface area contributed by atoms with Gasteiger partial charge in [0.2, 0.25) is 12.0 Å². The summed E-state index contributed by atoms with van der Waals surface area (Å²) in [6.45, 7) is 4.93. The number of anilines is 1. The van der Waals surface area contributed by atoms with Crippen molar-refractivity contribution in [2.75, 3.05) is 25.0 Å². The maximum absolute atomic E-state index is 14.8. The first-order valence-electron chi connectivity index (χ1n) is 16.4. The predicted molar refractivity (Wildman–Crippen MR) is 186 cm³/mol. The molecule has 50 heavy (non-hydrogen) atoms. The second-order valence-corrected chi connectivity index (χ2v) is 13.3. The highest BCUT2D eigenvalue weighted by atomic mass is 35.5. The van der Waals surface area contributed by atoms with E-state index in [-0.39, 0.29) is 46.7 Å². The van der Waals surface area contributed by atoms with Crippen molar-refractivity contribution in [1.82, 2.24) is 9.80 Å². The molecule has 0 saturated carbocycles. The number of oxime groups is 1. The number of aromatic carboxylic acids is 1. The van der Waals surface area contributed by atoms with E-state index in [2.05, 4.69) is 10.5 Å². The molecule has 3 heterocycles. The van der Waals surface area contributed by atoms with Crippen LogP contribution in [0.2, 0.25) is 5.02 Å². The Bertz CT molecular complexity index is 1910. The van der Waals surface area contributed by atoms with Crippen LogP contribution in [0.15, 0.2) is 71.9 Å². The van der Waals surface area contributed by atoms with E-state index in [4.69, 9.17) is 22.2 Å².